The predicted molar refractivity (Wildman–Crippen MR) is 79.1 cm³/mol. The first-order chi connectivity index (χ1) is 10.2. The van der Waals surface area contributed by atoms with Crippen LogP contribution in [-0.2, 0) is 9.53 Å². The van der Waals surface area contributed by atoms with Crippen molar-refractivity contribution in [1.82, 2.24) is 16.0 Å². The van der Waals surface area contributed by atoms with Crippen LogP contribution < -0.4 is 16.0 Å². The summed E-state index contributed by atoms with van der Waals surface area (Å²) in [5.74, 6) is -0.286. The number of morpholine rings is 1. The molecule has 0 bridgehead atoms. The van der Waals surface area contributed by atoms with Crippen molar-refractivity contribution in [3.8, 4) is 0 Å². The zero-order chi connectivity index (χ0) is 15.1. The number of ether oxygens (including phenoxy) is 1. The Morgan fingerprint density at radius 2 is 1.95 bits per heavy atom. The molecule has 1 aromatic rings. The second kappa shape index (κ2) is 7.75. The smallest absolute Gasteiger partial charge is 0.251 e. The van der Waals surface area contributed by atoms with E-state index in [1.165, 1.54) is 0 Å². The molecule has 114 valence electrons. The molecule has 0 spiro atoms. The van der Waals surface area contributed by atoms with Crippen molar-refractivity contribution in [2.24, 2.45) is 0 Å². The van der Waals surface area contributed by atoms with Crippen LogP contribution in [0.2, 0.25) is 0 Å². The Balaban J connectivity index is 1.66. The molecule has 2 amide bonds. The molecular formula is C15H21N3O3. The van der Waals surface area contributed by atoms with Crippen molar-refractivity contribution in [2.45, 2.75) is 13.0 Å². The van der Waals surface area contributed by atoms with Crippen molar-refractivity contribution in [3.63, 3.8) is 0 Å². The molecule has 0 saturated carbocycles. The Bertz CT molecular complexity index is 481. The van der Waals surface area contributed by atoms with Crippen LogP contribution in [0.15, 0.2) is 24.3 Å². The lowest BCUT2D eigenvalue weighted by Gasteiger charge is -2.22. The molecule has 0 aromatic heterocycles. The van der Waals surface area contributed by atoms with Gasteiger partial charge in [-0.05, 0) is 19.1 Å². The summed E-state index contributed by atoms with van der Waals surface area (Å²) in [6.07, 6.45) is -0.438. The zero-order valence-corrected chi connectivity index (χ0v) is 12.1. The Morgan fingerprint density at radius 1 is 1.24 bits per heavy atom. The summed E-state index contributed by atoms with van der Waals surface area (Å²) in [6, 6.07) is 7.35. The van der Waals surface area contributed by atoms with Crippen molar-refractivity contribution in [3.05, 3.63) is 35.4 Å². The topological polar surface area (TPSA) is 79.5 Å². The molecule has 1 saturated heterocycles. The van der Waals surface area contributed by atoms with Crippen LogP contribution in [0.5, 0.6) is 0 Å². The third kappa shape index (κ3) is 4.84. The minimum Gasteiger partial charge on any atom is -0.366 e. The van der Waals surface area contributed by atoms with Gasteiger partial charge in [-0.15, -0.1) is 0 Å². The monoisotopic (exact) mass is 291 g/mol. The number of hydrogen-bond acceptors (Lipinski definition) is 4. The lowest BCUT2D eigenvalue weighted by Crippen LogP contribution is -2.49. The summed E-state index contributed by atoms with van der Waals surface area (Å²) in [4.78, 5) is 23.6. The normalized spacial score (nSPS) is 18.0. The molecule has 1 aliphatic heterocycles. The molecule has 2 rings (SSSR count). The second-order valence-corrected chi connectivity index (χ2v) is 4.98. The van der Waals surface area contributed by atoms with E-state index in [2.05, 4.69) is 16.0 Å². The van der Waals surface area contributed by atoms with Crippen LogP contribution in [0.1, 0.15) is 15.9 Å². The first-order valence-corrected chi connectivity index (χ1v) is 7.12. The van der Waals surface area contributed by atoms with E-state index < -0.39 is 6.10 Å². The van der Waals surface area contributed by atoms with Crippen LogP contribution in [-0.4, -0.2) is 50.7 Å². The molecule has 1 atom stereocenters. The summed E-state index contributed by atoms with van der Waals surface area (Å²) < 4.78 is 5.34. The third-order valence-corrected chi connectivity index (χ3v) is 3.24. The molecule has 0 radical (unpaired) electrons. The number of carbonyl (C=O) groups is 2. The SMILES string of the molecule is Cc1ccc(C(=O)NCCNC(=O)C2CNCCO2)cc1. The molecule has 1 aliphatic rings. The highest BCUT2D eigenvalue weighted by Gasteiger charge is 2.20. The molecule has 6 heteroatoms. The molecule has 1 unspecified atom stereocenters. The lowest BCUT2D eigenvalue weighted by atomic mass is 10.1. The van der Waals surface area contributed by atoms with Gasteiger partial charge in [-0.1, -0.05) is 17.7 Å². The molecule has 21 heavy (non-hydrogen) atoms. The van der Waals surface area contributed by atoms with Gasteiger partial charge in [0.2, 0.25) is 0 Å². The average molecular weight is 291 g/mol. The minimum atomic E-state index is -0.438. The lowest BCUT2D eigenvalue weighted by molar-refractivity contribution is -0.134. The van der Waals surface area contributed by atoms with Crippen LogP contribution in [0.4, 0.5) is 0 Å². The molecular weight excluding hydrogens is 270 g/mol. The third-order valence-electron chi connectivity index (χ3n) is 3.24. The van der Waals surface area contributed by atoms with E-state index in [1.54, 1.807) is 12.1 Å². The number of aryl methyl sites for hydroxylation is 1. The Labute approximate surface area is 124 Å². The van der Waals surface area contributed by atoms with Crippen molar-refractivity contribution < 1.29 is 14.3 Å². The van der Waals surface area contributed by atoms with Gasteiger partial charge in [0.25, 0.3) is 11.8 Å². The highest BCUT2D eigenvalue weighted by Crippen LogP contribution is 2.02. The zero-order valence-electron chi connectivity index (χ0n) is 12.1. The summed E-state index contributed by atoms with van der Waals surface area (Å²) in [6.45, 7) is 4.59. The van der Waals surface area contributed by atoms with Crippen LogP contribution in [0.25, 0.3) is 0 Å². The summed E-state index contributed by atoms with van der Waals surface area (Å²) in [5.41, 5.74) is 1.73. The summed E-state index contributed by atoms with van der Waals surface area (Å²) in [5, 5.41) is 8.61. The van der Waals surface area contributed by atoms with Crippen LogP contribution >= 0.6 is 0 Å². The van der Waals surface area contributed by atoms with Gasteiger partial charge in [0.15, 0.2) is 0 Å². The van der Waals surface area contributed by atoms with Crippen molar-refractivity contribution in [1.29, 1.82) is 0 Å². The van der Waals surface area contributed by atoms with E-state index in [9.17, 15) is 9.59 Å². The van der Waals surface area contributed by atoms with Crippen LogP contribution in [0, 0.1) is 6.92 Å². The Kier molecular flexibility index (Phi) is 5.71. The average Bonchev–Trinajstić information content (AvgIpc) is 2.52. The van der Waals surface area contributed by atoms with E-state index in [4.69, 9.17) is 4.74 Å². The van der Waals surface area contributed by atoms with Gasteiger partial charge in [-0.25, -0.2) is 0 Å². The number of rotatable bonds is 5. The fourth-order valence-corrected chi connectivity index (χ4v) is 2.02. The summed E-state index contributed by atoms with van der Waals surface area (Å²) >= 11 is 0. The maximum absolute atomic E-state index is 11.8. The molecule has 1 fully saturated rings. The largest absolute Gasteiger partial charge is 0.366 e. The van der Waals surface area contributed by atoms with Gasteiger partial charge in [-0.2, -0.15) is 0 Å². The fraction of sp³-hybridized carbons (Fsp3) is 0.467. The number of benzene rings is 1. The van der Waals surface area contributed by atoms with E-state index in [1.807, 2.05) is 19.1 Å². The van der Waals surface area contributed by atoms with E-state index >= 15 is 0 Å². The van der Waals surface area contributed by atoms with Gasteiger partial charge < -0.3 is 20.7 Å². The number of nitrogens with one attached hydrogen (secondary N) is 3. The Morgan fingerprint density at radius 3 is 2.62 bits per heavy atom. The predicted octanol–water partition coefficient (Wildman–Crippen LogP) is -0.171. The maximum atomic E-state index is 11.8. The second-order valence-electron chi connectivity index (χ2n) is 4.98. The van der Waals surface area contributed by atoms with Crippen molar-refractivity contribution >= 4 is 11.8 Å². The summed E-state index contributed by atoms with van der Waals surface area (Å²) in [7, 11) is 0. The van der Waals surface area contributed by atoms with Gasteiger partial charge in [0.1, 0.15) is 6.10 Å². The number of amides is 2. The maximum Gasteiger partial charge on any atom is 0.251 e. The Hall–Kier alpha value is -1.92. The quantitative estimate of drug-likeness (QED) is 0.658. The molecule has 0 aliphatic carbocycles. The highest BCUT2D eigenvalue weighted by molar-refractivity contribution is 5.94. The van der Waals surface area contributed by atoms with E-state index in [0.717, 1.165) is 12.1 Å². The molecule has 3 N–H and O–H groups in total. The molecule has 1 aromatic carbocycles. The highest BCUT2D eigenvalue weighted by atomic mass is 16.5. The van der Waals surface area contributed by atoms with Crippen molar-refractivity contribution in [2.75, 3.05) is 32.8 Å². The van der Waals surface area contributed by atoms with Crippen LogP contribution in [0.3, 0.4) is 0 Å². The fourth-order valence-electron chi connectivity index (χ4n) is 2.02. The van der Waals surface area contributed by atoms with E-state index in [-0.39, 0.29) is 11.8 Å². The van der Waals surface area contributed by atoms with Gasteiger partial charge in [-0.3, -0.25) is 9.59 Å². The van der Waals surface area contributed by atoms with Gasteiger partial charge in [0, 0.05) is 31.7 Å². The molecule has 1 heterocycles. The molecule has 6 nitrogen and oxygen atoms in total. The standard InChI is InChI=1S/C15H21N3O3/c1-11-2-4-12(5-3-11)14(19)17-6-7-18-15(20)13-10-16-8-9-21-13/h2-5,13,16H,6-10H2,1H3,(H,17,19)(H,18,20). The van der Waals surface area contributed by atoms with Gasteiger partial charge in [0.05, 0.1) is 6.61 Å². The van der Waals surface area contributed by atoms with Gasteiger partial charge >= 0.3 is 0 Å². The number of carbonyl (C=O) groups excluding carboxylic acids is 2. The first-order valence-electron chi connectivity index (χ1n) is 7.12. The minimum absolute atomic E-state index is 0.139. The first kappa shape index (κ1) is 15.5. The van der Waals surface area contributed by atoms with E-state index in [0.29, 0.717) is 31.8 Å². The number of hydrogen-bond donors (Lipinski definition) is 3.